The zero-order valence-corrected chi connectivity index (χ0v) is 74.8. The van der Waals surface area contributed by atoms with E-state index in [1.165, 1.54) is 31.7 Å². The first-order valence-electron chi connectivity index (χ1n) is 38.8. The molecule has 9 heterocycles. The summed E-state index contributed by atoms with van der Waals surface area (Å²) in [4.78, 5) is 57.8. The van der Waals surface area contributed by atoms with Crippen LogP contribution in [0, 0.1) is 0 Å². The van der Waals surface area contributed by atoms with Crippen molar-refractivity contribution in [2.75, 3.05) is 38.6 Å². The summed E-state index contributed by atoms with van der Waals surface area (Å²) in [5.41, 5.74) is 0. The van der Waals surface area contributed by atoms with Crippen molar-refractivity contribution in [3.8, 4) is 0 Å². The summed E-state index contributed by atoms with van der Waals surface area (Å²) in [6.45, 7) is 83.3. The summed E-state index contributed by atoms with van der Waals surface area (Å²) in [5.74, 6) is 0.0532. The van der Waals surface area contributed by atoms with Gasteiger partial charge in [0.25, 0.3) is 0 Å². The molecular formula is C80H171N15O6S. The number of urea groups is 1. The number of hydrogen-bond acceptors (Lipinski definition) is 18. The van der Waals surface area contributed by atoms with Gasteiger partial charge in [0.1, 0.15) is 31.9 Å². The molecule has 21 nitrogen and oxygen atoms in total. The number of carbonyl (C=O) groups excluding carboxylic acids is 2. The molecule has 0 radical (unpaired) electrons. The summed E-state index contributed by atoms with van der Waals surface area (Å²) in [6, 6.07) is 22.7. The molecule has 0 spiro atoms. The monoisotopic (exact) mass is 1470 g/mol. The van der Waals surface area contributed by atoms with Crippen molar-refractivity contribution in [2.24, 2.45) is 10.1 Å². The predicted molar refractivity (Wildman–Crippen MR) is 459 cm³/mol. The summed E-state index contributed by atoms with van der Waals surface area (Å²) < 4.78 is 27.8. The van der Waals surface area contributed by atoms with Gasteiger partial charge in [-0.15, -0.1) is 0 Å². The first-order chi connectivity index (χ1) is 50.5. The number of hydrogen-bond donors (Lipinski definition) is 3. The van der Waals surface area contributed by atoms with Crippen molar-refractivity contribution in [1.29, 1.82) is 0 Å². The Morgan fingerprint density at radius 2 is 0.676 bits per heavy atom. The highest BCUT2D eigenvalue weighted by Crippen LogP contribution is 1.96. The van der Waals surface area contributed by atoms with E-state index in [-0.39, 0.29) is 12.5 Å². The van der Waals surface area contributed by atoms with E-state index >= 15 is 0 Å². The maximum Gasteiger partial charge on any atom is 0.321 e. The number of aromatic nitrogens is 10. The second kappa shape index (κ2) is 226. The topological polar surface area (TPSA) is 276 Å². The van der Waals surface area contributed by atoms with Crippen LogP contribution in [0.5, 0.6) is 0 Å². The van der Waals surface area contributed by atoms with Gasteiger partial charge in [-0.2, -0.15) is 10.2 Å². The smallest absolute Gasteiger partial charge is 0.321 e. The van der Waals surface area contributed by atoms with Gasteiger partial charge in [0, 0.05) is 87.7 Å². The Hall–Kier alpha value is -7.59. The molecule has 2 saturated heterocycles. The van der Waals surface area contributed by atoms with Crippen LogP contribution in [0.4, 0.5) is 4.79 Å². The molecule has 4 aliphatic rings. The van der Waals surface area contributed by atoms with Crippen molar-refractivity contribution in [1.82, 2.24) is 65.4 Å². The Kier molecular flexibility index (Phi) is 330. The lowest BCUT2D eigenvalue weighted by atomic mass is 10.3. The molecule has 0 atom stereocenters. The molecule has 22 heteroatoms. The Morgan fingerprint density at radius 1 is 0.353 bits per heavy atom. The fourth-order valence-electron chi connectivity index (χ4n) is 3.39. The number of sulfonamides is 1. The zero-order chi connectivity index (χ0) is 84.5. The Morgan fingerprint density at radius 3 is 0.775 bits per heavy atom. The van der Waals surface area contributed by atoms with Gasteiger partial charge in [0.05, 0.1) is 18.9 Å². The minimum atomic E-state index is -2.80. The number of ether oxygens (including phenoxy) is 1. The summed E-state index contributed by atoms with van der Waals surface area (Å²) in [5, 5.41) is 14.9. The number of benzene rings is 1. The number of pyridine rings is 1. The minimum absolute atomic E-state index is 0.124. The third-order valence-electron chi connectivity index (χ3n) is 6.06. The van der Waals surface area contributed by atoms with Gasteiger partial charge in [0.2, 0.25) is 15.9 Å². The van der Waals surface area contributed by atoms with E-state index in [2.05, 4.69) is 75.1 Å². The molecule has 0 bridgehead atoms. The molecule has 0 unspecified atom stereocenters. The third-order valence-corrected chi connectivity index (χ3v) is 7.53. The van der Waals surface area contributed by atoms with E-state index in [1.54, 1.807) is 74.2 Å². The van der Waals surface area contributed by atoms with E-state index in [1.807, 2.05) is 349 Å². The molecule has 3 amide bonds. The van der Waals surface area contributed by atoms with Crippen molar-refractivity contribution in [3.05, 3.63) is 160 Å². The molecule has 2 fully saturated rings. The number of carbonyl (C=O) groups is 2. The van der Waals surface area contributed by atoms with Crippen molar-refractivity contribution >= 4 is 34.6 Å². The quantitative estimate of drug-likeness (QED) is 0.119. The summed E-state index contributed by atoms with van der Waals surface area (Å²) >= 11 is 0. The largest absolute Gasteiger partial charge is 0.483 e. The Bertz CT molecular complexity index is 1540. The lowest BCUT2D eigenvalue weighted by Gasteiger charge is -2.01. The Balaban J connectivity index is -0.0000000386. The molecule has 6 aromatic rings. The molecule has 0 aliphatic carbocycles. The van der Waals surface area contributed by atoms with E-state index < -0.39 is 16.1 Å². The highest BCUT2D eigenvalue weighted by Gasteiger charge is 2.15. The number of nitrogens with one attached hydrogen (secondary N) is 3. The zero-order valence-electron chi connectivity index (χ0n) is 74.0. The van der Waals surface area contributed by atoms with Crippen LogP contribution in [-0.2, 0) is 24.4 Å². The number of aliphatic imine (C=N–C) groups is 1. The van der Waals surface area contributed by atoms with Gasteiger partial charge in [-0.3, -0.25) is 30.1 Å². The number of nitrogens with zero attached hydrogens (tertiary/aromatic N) is 12. The fourth-order valence-corrected chi connectivity index (χ4v) is 4.52. The minimum Gasteiger partial charge on any atom is -0.483 e. The highest BCUT2D eigenvalue weighted by molar-refractivity contribution is 7.89. The van der Waals surface area contributed by atoms with E-state index in [9.17, 15) is 18.0 Å². The fraction of sp³-hybridized carbons (Fsp3) is 0.625. The standard InChI is InChI=1S/C6H6.C5H5N.3C4H4N2.2C4H7NO.C3H3N3.C3H4N2O2.C3H7NO2S.20C2H6/c2*1-2-4-6-5-3-1;1-2-6-4-3-5-1;1-2-5-4-6-3-1;1-2-4-6-5-3-1;1-2-5-4-6-3-1;1-2-4-6-5-3-1;1-4-2-6-3-5-1;6-2-1-4-3(7)5-2;5-7(6)3-1-2-4-7;20*1-2/h1-6H;1-5H;3*1-4H;4H,1-3H2;3H,1-2,4H2;1-3H;1H2,(H2,4,5,6,7);4H,1-3H2;20*1-2H3. The number of imide groups is 1. The third kappa shape index (κ3) is 226. The molecule has 608 valence electrons. The molecule has 1 aromatic carbocycles. The average molecular weight is 1470 g/mol. The number of amides is 3. The molecule has 4 aliphatic heterocycles. The van der Waals surface area contributed by atoms with Crippen LogP contribution in [-0.4, -0.2) is 122 Å². The SMILES string of the molecule is C1=NCCCO1.C1=NOCCC1.CC.CC.CC.CC.CC.CC.CC.CC.CC.CC.CC.CC.CC.CC.CC.CC.CC.CC.CC.CC.O=C1CNC(=O)N1.O=S1(=O)CCCN1.c1ccccc1.c1ccncc1.c1ccnnc1.c1cnccn1.c1cncnc1.c1ncncn1. The maximum atomic E-state index is 10.3. The van der Waals surface area contributed by atoms with Gasteiger partial charge in [-0.1, -0.05) is 325 Å². The summed E-state index contributed by atoms with van der Waals surface area (Å²) in [6.07, 6.45) is 29.9. The van der Waals surface area contributed by atoms with Crippen LogP contribution >= 0.6 is 0 Å². The van der Waals surface area contributed by atoms with Crippen LogP contribution < -0.4 is 15.4 Å². The molecule has 10 rings (SSSR count). The van der Waals surface area contributed by atoms with Crippen molar-refractivity contribution in [2.45, 2.75) is 303 Å². The number of rotatable bonds is 0. The molecule has 102 heavy (non-hydrogen) atoms. The highest BCUT2D eigenvalue weighted by atomic mass is 32.2. The van der Waals surface area contributed by atoms with Gasteiger partial charge in [-0.05, 0) is 49.6 Å². The van der Waals surface area contributed by atoms with Crippen LogP contribution in [0.25, 0.3) is 0 Å². The van der Waals surface area contributed by atoms with Crippen molar-refractivity contribution < 1.29 is 27.6 Å². The number of oxime groups is 1. The summed E-state index contributed by atoms with van der Waals surface area (Å²) in [7, 11) is -2.80. The molecule has 0 saturated carbocycles. The van der Waals surface area contributed by atoms with Gasteiger partial charge < -0.3 is 14.9 Å². The van der Waals surface area contributed by atoms with Crippen LogP contribution in [0.1, 0.15) is 303 Å². The molecular weight excluding hydrogens is 1300 g/mol. The second-order valence-corrected chi connectivity index (χ2v) is 12.9. The second-order valence-electron chi connectivity index (χ2n) is 11.0. The van der Waals surface area contributed by atoms with Crippen LogP contribution in [0.15, 0.2) is 170 Å². The van der Waals surface area contributed by atoms with Crippen molar-refractivity contribution in [3.63, 3.8) is 0 Å². The van der Waals surface area contributed by atoms with Crippen LogP contribution in [0.3, 0.4) is 0 Å². The average Bonchev–Trinajstić information content (AvgIpc) is 2.36. The van der Waals surface area contributed by atoms with E-state index in [0.717, 1.165) is 45.4 Å². The molecule has 3 N–H and O–H groups in total. The van der Waals surface area contributed by atoms with Crippen LogP contribution in [0.2, 0.25) is 0 Å². The Labute approximate surface area is 635 Å². The maximum absolute atomic E-state index is 10.3. The predicted octanol–water partition coefficient (Wildman–Crippen LogP) is 23.9. The molecule has 5 aromatic heterocycles. The van der Waals surface area contributed by atoms with Gasteiger partial charge in [-0.25, -0.2) is 42.9 Å². The van der Waals surface area contributed by atoms with Gasteiger partial charge in [0.15, 0.2) is 6.40 Å². The lowest BCUT2D eigenvalue weighted by molar-refractivity contribution is -0.117. The van der Waals surface area contributed by atoms with E-state index in [4.69, 9.17) is 4.74 Å². The normalized spacial score (nSPS) is 9.57. The van der Waals surface area contributed by atoms with Gasteiger partial charge >= 0.3 is 6.03 Å². The lowest BCUT2D eigenvalue weighted by Crippen LogP contribution is -2.22. The first kappa shape index (κ1) is 149. The van der Waals surface area contributed by atoms with E-state index in [0.29, 0.717) is 12.3 Å². The first-order valence-corrected chi connectivity index (χ1v) is 40.4.